The van der Waals surface area contributed by atoms with Crippen LogP contribution in [0.2, 0.25) is 0 Å². The molecule has 3 N–H and O–H groups in total. The summed E-state index contributed by atoms with van der Waals surface area (Å²) < 4.78 is 0. The molecule has 0 spiro atoms. The number of hydrogen-bond acceptors (Lipinski definition) is 5. The molecule has 0 aliphatic heterocycles. The number of aryl methyl sites for hydroxylation is 1. The van der Waals surface area contributed by atoms with Crippen LogP contribution in [-0.2, 0) is 4.79 Å². The molecular weight excluding hydrogens is 368 g/mol. The van der Waals surface area contributed by atoms with Crippen LogP contribution < -0.4 is 10.9 Å². The number of rotatable bonds is 5. The molecule has 1 heterocycles. The normalized spacial score (nSPS) is 10.6. The average molecular weight is 384 g/mol. The van der Waals surface area contributed by atoms with Crippen molar-refractivity contribution in [1.29, 1.82) is 0 Å². The maximum Gasteiger partial charge on any atom is 0.279 e. The van der Waals surface area contributed by atoms with E-state index in [1.165, 1.54) is 30.1 Å². The fraction of sp³-hybridized carbons (Fsp3) is 0.111. The number of thioether (sulfide) groups is 1. The molecule has 0 fully saturated rings. The highest BCUT2D eigenvalue weighted by molar-refractivity contribution is 8.00. The molecule has 3 rings (SSSR count). The number of nitrogens with one attached hydrogen (secondary N) is 3. The zero-order valence-electron chi connectivity index (χ0n) is 14.3. The maximum absolute atomic E-state index is 12.3. The number of non-ortho nitro benzene ring substituents is 1. The van der Waals surface area contributed by atoms with Crippen LogP contribution in [0, 0.1) is 17.0 Å². The molecule has 0 radical (unpaired) electrons. The third-order valence-corrected chi connectivity index (χ3v) is 4.84. The van der Waals surface area contributed by atoms with Crippen molar-refractivity contribution in [2.45, 2.75) is 11.8 Å². The van der Waals surface area contributed by atoms with Crippen LogP contribution in [0.15, 0.2) is 53.6 Å². The number of carbonyl (C=O) groups is 2. The fourth-order valence-corrected chi connectivity index (χ4v) is 3.21. The van der Waals surface area contributed by atoms with Gasteiger partial charge in [-0.1, -0.05) is 23.8 Å². The minimum Gasteiger partial charge on any atom is -0.360 e. The second-order valence-electron chi connectivity index (χ2n) is 5.76. The van der Waals surface area contributed by atoms with E-state index in [2.05, 4.69) is 15.8 Å². The van der Waals surface area contributed by atoms with Gasteiger partial charge in [-0.05, 0) is 25.1 Å². The fourth-order valence-electron chi connectivity index (χ4n) is 2.51. The summed E-state index contributed by atoms with van der Waals surface area (Å²) in [5, 5.41) is 11.4. The van der Waals surface area contributed by atoms with Gasteiger partial charge in [0.2, 0.25) is 5.91 Å². The predicted octanol–water partition coefficient (Wildman–Crippen LogP) is 2.94. The molecule has 2 amide bonds. The molecule has 1 aromatic heterocycles. The number of nitrogens with zero attached hydrogens (tertiary/aromatic N) is 1. The van der Waals surface area contributed by atoms with E-state index in [9.17, 15) is 19.7 Å². The SMILES string of the molecule is Cc1ccc(SCC(=O)NNC(=O)c2c[nH]c3cccc([N+](=O)[O-])c23)cc1. The first-order valence-corrected chi connectivity index (χ1v) is 8.97. The topological polar surface area (TPSA) is 117 Å². The van der Waals surface area contributed by atoms with Crippen molar-refractivity contribution < 1.29 is 14.5 Å². The van der Waals surface area contributed by atoms with Crippen molar-refractivity contribution in [2.75, 3.05) is 5.75 Å². The van der Waals surface area contributed by atoms with Crippen LogP contribution >= 0.6 is 11.8 Å². The van der Waals surface area contributed by atoms with Gasteiger partial charge in [0.25, 0.3) is 11.6 Å². The minimum absolute atomic E-state index is 0.0868. The second kappa shape index (κ2) is 7.92. The lowest BCUT2D eigenvalue weighted by Crippen LogP contribution is -2.42. The molecule has 0 aliphatic carbocycles. The maximum atomic E-state index is 12.3. The Kier molecular flexibility index (Phi) is 5.41. The van der Waals surface area contributed by atoms with Gasteiger partial charge in [-0.3, -0.25) is 30.6 Å². The minimum atomic E-state index is -0.635. The number of hydrogen-bond donors (Lipinski definition) is 3. The summed E-state index contributed by atoms with van der Waals surface area (Å²) in [7, 11) is 0. The van der Waals surface area contributed by atoms with Crippen molar-refractivity contribution in [3.8, 4) is 0 Å². The molecular formula is C18H16N4O4S. The summed E-state index contributed by atoms with van der Waals surface area (Å²) in [6.07, 6.45) is 1.38. The first-order chi connectivity index (χ1) is 13.0. The summed E-state index contributed by atoms with van der Waals surface area (Å²) in [5.41, 5.74) is 6.12. The van der Waals surface area contributed by atoms with Crippen LogP contribution in [0.5, 0.6) is 0 Å². The molecule has 9 heteroatoms. The van der Waals surface area contributed by atoms with Gasteiger partial charge in [-0.15, -0.1) is 11.8 Å². The van der Waals surface area contributed by atoms with Gasteiger partial charge in [-0.2, -0.15) is 0 Å². The monoisotopic (exact) mass is 384 g/mol. The van der Waals surface area contributed by atoms with Crippen LogP contribution in [0.1, 0.15) is 15.9 Å². The highest BCUT2D eigenvalue weighted by atomic mass is 32.2. The summed E-state index contributed by atoms with van der Waals surface area (Å²) in [5.74, 6) is -0.898. The van der Waals surface area contributed by atoms with Gasteiger partial charge in [0.1, 0.15) is 0 Å². The highest BCUT2D eigenvalue weighted by Crippen LogP contribution is 2.28. The number of amides is 2. The van der Waals surface area contributed by atoms with Crippen molar-refractivity contribution in [2.24, 2.45) is 0 Å². The Morgan fingerprint density at radius 2 is 1.89 bits per heavy atom. The summed E-state index contributed by atoms with van der Waals surface area (Å²) in [6.45, 7) is 1.98. The lowest BCUT2D eigenvalue weighted by Gasteiger charge is -2.07. The number of benzene rings is 2. The largest absolute Gasteiger partial charge is 0.360 e. The second-order valence-corrected chi connectivity index (χ2v) is 6.81. The van der Waals surface area contributed by atoms with Crippen molar-refractivity contribution in [1.82, 2.24) is 15.8 Å². The number of aromatic nitrogens is 1. The lowest BCUT2D eigenvalue weighted by molar-refractivity contribution is -0.383. The van der Waals surface area contributed by atoms with Crippen LogP contribution in [0.25, 0.3) is 10.9 Å². The Balaban J connectivity index is 1.62. The third kappa shape index (κ3) is 4.26. The van der Waals surface area contributed by atoms with E-state index >= 15 is 0 Å². The van der Waals surface area contributed by atoms with E-state index in [-0.39, 0.29) is 28.3 Å². The van der Waals surface area contributed by atoms with Crippen molar-refractivity contribution >= 4 is 40.2 Å². The Bertz CT molecular complexity index is 1010. The number of nitro groups is 1. The number of H-pyrrole nitrogens is 1. The Labute approximate surface area is 158 Å². The molecule has 0 atom stereocenters. The number of aromatic amines is 1. The Morgan fingerprint density at radius 1 is 1.15 bits per heavy atom. The quantitative estimate of drug-likeness (QED) is 0.355. The van der Waals surface area contributed by atoms with Gasteiger partial charge in [-0.25, -0.2) is 0 Å². The zero-order chi connectivity index (χ0) is 19.4. The van der Waals surface area contributed by atoms with Gasteiger partial charge in [0.05, 0.1) is 27.1 Å². The van der Waals surface area contributed by atoms with E-state index in [0.29, 0.717) is 5.52 Å². The zero-order valence-corrected chi connectivity index (χ0v) is 15.1. The Morgan fingerprint density at radius 3 is 2.59 bits per heavy atom. The van der Waals surface area contributed by atoms with Crippen LogP contribution in [-0.4, -0.2) is 27.5 Å². The number of hydrazine groups is 1. The van der Waals surface area contributed by atoms with E-state index in [1.54, 1.807) is 6.07 Å². The first-order valence-electron chi connectivity index (χ1n) is 7.99. The van der Waals surface area contributed by atoms with E-state index in [1.807, 2.05) is 31.2 Å². The molecule has 0 aliphatic rings. The Hall–Kier alpha value is -3.33. The standard InChI is InChI=1S/C18H16N4O4S/c1-11-5-7-12(8-6-11)27-10-16(23)20-21-18(24)13-9-19-14-3-2-4-15(17(13)14)22(25)26/h2-9,19H,10H2,1H3,(H,20,23)(H,21,24). The number of fused-ring (bicyclic) bond motifs is 1. The average Bonchev–Trinajstić information content (AvgIpc) is 3.09. The molecule has 3 aromatic rings. The van der Waals surface area contributed by atoms with Crippen LogP contribution in [0.3, 0.4) is 0 Å². The molecule has 0 saturated heterocycles. The van der Waals surface area contributed by atoms with Gasteiger partial charge in [0, 0.05) is 17.2 Å². The molecule has 0 unspecified atom stereocenters. The highest BCUT2D eigenvalue weighted by Gasteiger charge is 2.21. The van der Waals surface area contributed by atoms with Gasteiger partial charge < -0.3 is 4.98 Å². The molecule has 138 valence electrons. The molecule has 8 nitrogen and oxygen atoms in total. The third-order valence-electron chi connectivity index (χ3n) is 3.83. The van der Waals surface area contributed by atoms with E-state index in [0.717, 1.165) is 10.5 Å². The van der Waals surface area contributed by atoms with Crippen molar-refractivity contribution in [3.05, 3.63) is 69.9 Å². The predicted molar refractivity (Wildman–Crippen MR) is 102 cm³/mol. The summed E-state index contributed by atoms with van der Waals surface area (Å²) >= 11 is 1.34. The van der Waals surface area contributed by atoms with Gasteiger partial charge in [0.15, 0.2) is 0 Å². The smallest absolute Gasteiger partial charge is 0.279 e. The number of nitro benzene ring substituents is 1. The van der Waals surface area contributed by atoms with E-state index < -0.39 is 10.8 Å². The molecule has 2 aromatic carbocycles. The molecule has 0 bridgehead atoms. The summed E-state index contributed by atoms with van der Waals surface area (Å²) in [4.78, 5) is 38.7. The number of carbonyl (C=O) groups excluding carboxylic acids is 2. The van der Waals surface area contributed by atoms with Crippen molar-refractivity contribution in [3.63, 3.8) is 0 Å². The molecule has 0 saturated carbocycles. The van der Waals surface area contributed by atoms with Gasteiger partial charge >= 0.3 is 0 Å². The van der Waals surface area contributed by atoms with Crippen LogP contribution in [0.4, 0.5) is 5.69 Å². The molecule has 27 heavy (non-hydrogen) atoms. The first kappa shape index (κ1) is 18.5. The van der Waals surface area contributed by atoms with E-state index in [4.69, 9.17) is 0 Å². The summed E-state index contributed by atoms with van der Waals surface area (Å²) in [6, 6.07) is 12.2. The lowest BCUT2D eigenvalue weighted by atomic mass is 10.1.